The molecule has 2 aromatic rings. The number of halogens is 2. The summed E-state index contributed by atoms with van der Waals surface area (Å²) in [5, 5.41) is 9.02. The molecule has 0 saturated carbocycles. The number of anilines is 1. The van der Waals surface area contributed by atoms with Crippen molar-refractivity contribution in [2.45, 2.75) is 25.4 Å². The lowest BCUT2D eigenvalue weighted by Crippen LogP contribution is -2.52. The molecule has 8 nitrogen and oxygen atoms in total. The fraction of sp³-hybridized carbons (Fsp3) is 0.286. The third-order valence-corrected chi connectivity index (χ3v) is 5.05. The SMILES string of the molecule is CCOc1ccc(C2CC3C(=O)N(CC(=O)Nc4ccc(F)cc4F)N=CN3N2)cc1. The minimum Gasteiger partial charge on any atom is -0.494 e. The Morgan fingerprint density at radius 1 is 1.26 bits per heavy atom. The van der Waals surface area contributed by atoms with Gasteiger partial charge in [0.25, 0.3) is 5.91 Å². The summed E-state index contributed by atoms with van der Waals surface area (Å²) >= 11 is 0. The summed E-state index contributed by atoms with van der Waals surface area (Å²) in [7, 11) is 0. The number of hydrazine groups is 1. The zero-order chi connectivity index (χ0) is 22.0. The Morgan fingerprint density at radius 3 is 2.74 bits per heavy atom. The Bertz CT molecular complexity index is 1010. The molecule has 1 fully saturated rings. The predicted octanol–water partition coefficient (Wildman–Crippen LogP) is 2.41. The van der Waals surface area contributed by atoms with Gasteiger partial charge >= 0.3 is 0 Å². The highest BCUT2D eigenvalue weighted by Gasteiger charge is 2.41. The highest BCUT2D eigenvalue weighted by Crippen LogP contribution is 2.30. The Labute approximate surface area is 177 Å². The molecule has 2 amide bonds. The van der Waals surface area contributed by atoms with Crippen LogP contribution in [0, 0.1) is 11.6 Å². The quantitative estimate of drug-likeness (QED) is 0.737. The van der Waals surface area contributed by atoms with Gasteiger partial charge in [-0.2, -0.15) is 5.10 Å². The summed E-state index contributed by atoms with van der Waals surface area (Å²) in [5.41, 5.74) is 4.06. The van der Waals surface area contributed by atoms with E-state index >= 15 is 0 Å². The lowest BCUT2D eigenvalue weighted by molar-refractivity contribution is -0.139. The Morgan fingerprint density at radius 2 is 2.03 bits per heavy atom. The number of hydrogen-bond acceptors (Lipinski definition) is 6. The summed E-state index contributed by atoms with van der Waals surface area (Å²) in [6.45, 7) is 2.11. The molecule has 2 atom stereocenters. The fourth-order valence-corrected chi connectivity index (χ4v) is 3.55. The Kier molecular flexibility index (Phi) is 5.81. The van der Waals surface area contributed by atoms with E-state index in [1.807, 2.05) is 31.2 Å². The first kappa shape index (κ1) is 20.7. The minimum absolute atomic E-state index is 0.0989. The maximum atomic E-state index is 13.7. The first-order valence-corrected chi connectivity index (χ1v) is 9.82. The van der Waals surface area contributed by atoms with Crippen LogP contribution in [-0.4, -0.2) is 47.4 Å². The Balaban J connectivity index is 1.38. The molecule has 0 spiro atoms. The molecule has 0 bridgehead atoms. The van der Waals surface area contributed by atoms with Crippen molar-refractivity contribution in [1.29, 1.82) is 0 Å². The third-order valence-electron chi connectivity index (χ3n) is 5.05. The van der Waals surface area contributed by atoms with Gasteiger partial charge in [0.1, 0.15) is 36.3 Å². The first-order valence-electron chi connectivity index (χ1n) is 9.82. The maximum Gasteiger partial charge on any atom is 0.267 e. The van der Waals surface area contributed by atoms with E-state index < -0.39 is 23.6 Å². The molecule has 1 saturated heterocycles. The van der Waals surface area contributed by atoms with Gasteiger partial charge in [-0.3, -0.25) is 14.6 Å². The van der Waals surface area contributed by atoms with E-state index in [1.165, 1.54) is 6.34 Å². The second-order valence-corrected chi connectivity index (χ2v) is 7.14. The molecule has 10 heteroatoms. The van der Waals surface area contributed by atoms with Crippen molar-refractivity contribution in [3.05, 3.63) is 59.7 Å². The van der Waals surface area contributed by atoms with E-state index in [4.69, 9.17) is 4.74 Å². The minimum atomic E-state index is -0.897. The van der Waals surface area contributed by atoms with Gasteiger partial charge in [-0.25, -0.2) is 19.2 Å². The van der Waals surface area contributed by atoms with Gasteiger partial charge in [0.2, 0.25) is 5.91 Å². The molecule has 0 aliphatic carbocycles. The smallest absolute Gasteiger partial charge is 0.267 e. The van der Waals surface area contributed by atoms with Crippen LogP contribution < -0.4 is 15.5 Å². The highest BCUT2D eigenvalue weighted by atomic mass is 19.1. The number of benzene rings is 2. The second-order valence-electron chi connectivity index (χ2n) is 7.14. The zero-order valence-corrected chi connectivity index (χ0v) is 16.7. The van der Waals surface area contributed by atoms with Crippen molar-refractivity contribution in [1.82, 2.24) is 15.4 Å². The number of hydrogen-bond donors (Lipinski definition) is 2. The van der Waals surface area contributed by atoms with Crippen LogP contribution in [0.4, 0.5) is 14.5 Å². The predicted molar refractivity (Wildman–Crippen MR) is 109 cm³/mol. The third kappa shape index (κ3) is 4.48. The molecule has 2 N–H and O–H groups in total. The second kappa shape index (κ2) is 8.68. The fourth-order valence-electron chi connectivity index (χ4n) is 3.55. The van der Waals surface area contributed by atoms with Crippen LogP contribution in [0.5, 0.6) is 5.75 Å². The molecule has 2 aromatic carbocycles. The van der Waals surface area contributed by atoms with Crippen LogP contribution in [0.15, 0.2) is 47.6 Å². The van der Waals surface area contributed by atoms with Crippen LogP contribution in [-0.2, 0) is 9.59 Å². The summed E-state index contributed by atoms with van der Waals surface area (Å²) < 4.78 is 32.2. The lowest BCUT2D eigenvalue weighted by Gasteiger charge is -2.29. The van der Waals surface area contributed by atoms with Gasteiger partial charge in [0.05, 0.1) is 18.3 Å². The van der Waals surface area contributed by atoms with Crippen LogP contribution in [0.1, 0.15) is 24.9 Å². The van der Waals surface area contributed by atoms with Crippen molar-refractivity contribution < 1.29 is 23.1 Å². The molecule has 4 rings (SSSR count). The molecule has 2 unspecified atom stereocenters. The number of ether oxygens (including phenoxy) is 1. The molecule has 2 aliphatic heterocycles. The molecule has 2 heterocycles. The number of carbonyl (C=O) groups is 2. The first-order chi connectivity index (χ1) is 14.9. The van der Waals surface area contributed by atoms with Gasteiger partial charge in [-0.05, 0) is 43.2 Å². The average Bonchev–Trinajstić information content (AvgIpc) is 3.18. The standard InChI is InChI=1S/C21H21F2N5O3/c1-2-31-15-6-3-13(4-7-15)18-10-19-21(30)27(24-12-28(19)26-18)11-20(29)25-17-8-5-14(22)9-16(17)23/h3-9,12,18-19,26H,2,10-11H2,1H3,(H,25,29). The molecule has 0 radical (unpaired) electrons. The maximum absolute atomic E-state index is 13.7. The molecule has 31 heavy (non-hydrogen) atoms. The number of nitrogens with one attached hydrogen (secondary N) is 2. The van der Waals surface area contributed by atoms with Crippen LogP contribution in [0.3, 0.4) is 0 Å². The van der Waals surface area contributed by atoms with E-state index in [0.717, 1.165) is 28.5 Å². The molecular formula is C21H21F2N5O3. The van der Waals surface area contributed by atoms with Crippen molar-refractivity contribution in [2.75, 3.05) is 18.5 Å². The van der Waals surface area contributed by atoms with Gasteiger partial charge in [-0.1, -0.05) is 12.1 Å². The topological polar surface area (TPSA) is 86.3 Å². The van der Waals surface area contributed by atoms with Crippen molar-refractivity contribution in [2.24, 2.45) is 5.10 Å². The van der Waals surface area contributed by atoms with Crippen molar-refractivity contribution in [3.63, 3.8) is 0 Å². The number of carbonyl (C=O) groups excluding carboxylic acids is 2. The summed E-state index contributed by atoms with van der Waals surface area (Å²) in [5.74, 6) is -1.86. The molecular weight excluding hydrogens is 408 g/mol. The van der Waals surface area contributed by atoms with Gasteiger partial charge in [-0.15, -0.1) is 0 Å². The van der Waals surface area contributed by atoms with E-state index in [0.29, 0.717) is 19.1 Å². The van der Waals surface area contributed by atoms with Crippen LogP contribution in [0.2, 0.25) is 0 Å². The normalized spacial score (nSPS) is 20.0. The highest BCUT2D eigenvalue weighted by molar-refractivity contribution is 5.96. The van der Waals surface area contributed by atoms with E-state index in [1.54, 1.807) is 5.01 Å². The van der Waals surface area contributed by atoms with Gasteiger partial charge in [0.15, 0.2) is 0 Å². The number of amides is 2. The zero-order valence-electron chi connectivity index (χ0n) is 16.7. The number of nitrogens with zero attached hydrogens (tertiary/aromatic N) is 3. The lowest BCUT2D eigenvalue weighted by atomic mass is 10.0. The number of rotatable bonds is 6. The van der Waals surface area contributed by atoms with Crippen LogP contribution >= 0.6 is 0 Å². The number of fused-ring (bicyclic) bond motifs is 1. The average molecular weight is 429 g/mol. The summed E-state index contributed by atoms with van der Waals surface area (Å²) in [6, 6.07) is 9.82. The molecule has 2 aliphatic rings. The van der Waals surface area contributed by atoms with Crippen molar-refractivity contribution in [3.8, 4) is 5.75 Å². The Hall–Kier alpha value is -3.53. The van der Waals surface area contributed by atoms with Gasteiger partial charge in [0, 0.05) is 6.07 Å². The van der Waals surface area contributed by atoms with E-state index in [2.05, 4.69) is 15.8 Å². The largest absolute Gasteiger partial charge is 0.494 e. The summed E-state index contributed by atoms with van der Waals surface area (Å²) in [4.78, 5) is 25.1. The molecule has 0 aromatic heterocycles. The van der Waals surface area contributed by atoms with Gasteiger partial charge < -0.3 is 10.1 Å². The monoisotopic (exact) mass is 429 g/mol. The molecule has 162 valence electrons. The number of hydrazone groups is 1. The van der Waals surface area contributed by atoms with E-state index in [-0.39, 0.29) is 24.2 Å². The van der Waals surface area contributed by atoms with E-state index in [9.17, 15) is 18.4 Å². The summed E-state index contributed by atoms with van der Waals surface area (Å²) in [6.07, 6.45) is 1.94. The van der Waals surface area contributed by atoms with Crippen LogP contribution in [0.25, 0.3) is 0 Å². The van der Waals surface area contributed by atoms with Crippen molar-refractivity contribution >= 4 is 23.8 Å².